The average Bonchev–Trinajstić information content (AvgIpc) is 2.83. The van der Waals surface area contributed by atoms with Gasteiger partial charge in [0.15, 0.2) is 0 Å². The first-order chi connectivity index (χ1) is 8.24. The highest BCUT2D eigenvalue weighted by atomic mass is 16.3. The van der Waals surface area contributed by atoms with Gasteiger partial charge >= 0.3 is 0 Å². The van der Waals surface area contributed by atoms with Crippen LogP contribution in [0.25, 0.3) is 0 Å². The molecule has 1 aromatic carbocycles. The lowest BCUT2D eigenvalue weighted by atomic mass is 10.0. The first kappa shape index (κ1) is 12.4. The first-order valence-corrected chi connectivity index (χ1v) is 6.37. The molecule has 0 spiro atoms. The Morgan fingerprint density at radius 1 is 1.41 bits per heavy atom. The van der Waals surface area contributed by atoms with Crippen LogP contribution in [-0.2, 0) is 6.42 Å². The van der Waals surface area contributed by atoms with Crippen molar-refractivity contribution in [1.82, 2.24) is 5.32 Å². The second-order valence-electron chi connectivity index (χ2n) is 4.84. The molecule has 1 fully saturated rings. The van der Waals surface area contributed by atoms with Gasteiger partial charge in [0, 0.05) is 18.8 Å². The van der Waals surface area contributed by atoms with Crippen molar-refractivity contribution < 1.29 is 5.11 Å². The van der Waals surface area contributed by atoms with E-state index in [0.29, 0.717) is 0 Å². The fraction of sp³-hybridized carbons (Fsp3) is 0.571. The third-order valence-corrected chi connectivity index (χ3v) is 3.90. The van der Waals surface area contributed by atoms with E-state index in [9.17, 15) is 5.11 Å². The predicted octanol–water partition coefficient (Wildman–Crippen LogP) is 1.41. The Hall–Kier alpha value is -1.06. The summed E-state index contributed by atoms with van der Waals surface area (Å²) in [7, 11) is 1.94. The van der Waals surface area contributed by atoms with Gasteiger partial charge in [-0.3, -0.25) is 0 Å². The number of hydrogen-bond donors (Lipinski definition) is 2. The number of anilines is 1. The van der Waals surface area contributed by atoms with E-state index in [4.69, 9.17) is 0 Å². The minimum absolute atomic E-state index is 0.124. The molecule has 2 N–H and O–H groups in total. The van der Waals surface area contributed by atoms with Crippen molar-refractivity contribution >= 4 is 5.69 Å². The Morgan fingerprint density at radius 3 is 2.76 bits per heavy atom. The standard InChI is InChI=1S/C14H22N2O/c1-3-12-6-4-5-7-13(12)16-9-8-14(10-16,11-17)15-2/h4-7,15,17H,3,8-11H2,1-2H3. The number of aryl methyl sites for hydroxylation is 1. The number of aliphatic hydroxyl groups excluding tert-OH is 1. The van der Waals surface area contributed by atoms with Gasteiger partial charge in [-0.25, -0.2) is 0 Å². The molecule has 3 nitrogen and oxygen atoms in total. The highest BCUT2D eigenvalue weighted by Gasteiger charge is 2.36. The maximum atomic E-state index is 9.52. The van der Waals surface area contributed by atoms with Gasteiger partial charge in [-0.1, -0.05) is 25.1 Å². The average molecular weight is 234 g/mol. The fourth-order valence-corrected chi connectivity index (χ4v) is 2.61. The molecule has 1 unspecified atom stereocenters. The second kappa shape index (κ2) is 5.07. The van der Waals surface area contributed by atoms with Crippen LogP contribution in [0.15, 0.2) is 24.3 Å². The van der Waals surface area contributed by atoms with Gasteiger partial charge in [0.2, 0.25) is 0 Å². The number of aliphatic hydroxyl groups is 1. The summed E-state index contributed by atoms with van der Waals surface area (Å²) < 4.78 is 0. The number of para-hydroxylation sites is 1. The van der Waals surface area contributed by atoms with Crippen LogP contribution in [-0.4, -0.2) is 37.4 Å². The van der Waals surface area contributed by atoms with Crippen molar-refractivity contribution in [2.45, 2.75) is 25.3 Å². The molecule has 94 valence electrons. The molecule has 1 saturated heterocycles. The zero-order valence-electron chi connectivity index (χ0n) is 10.7. The maximum absolute atomic E-state index is 9.52. The number of rotatable bonds is 4. The van der Waals surface area contributed by atoms with Crippen LogP contribution in [0.3, 0.4) is 0 Å². The molecule has 17 heavy (non-hydrogen) atoms. The number of nitrogens with zero attached hydrogens (tertiary/aromatic N) is 1. The molecule has 1 atom stereocenters. The Morgan fingerprint density at radius 2 is 2.18 bits per heavy atom. The summed E-state index contributed by atoms with van der Waals surface area (Å²) in [4.78, 5) is 2.38. The highest BCUT2D eigenvalue weighted by molar-refractivity contribution is 5.55. The van der Waals surface area contributed by atoms with E-state index in [1.807, 2.05) is 7.05 Å². The van der Waals surface area contributed by atoms with Crippen molar-refractivity contribution in [2.24, 2.45) is 0 Å². The topological polar surface area (TPSA) is 35.5 Å². The Bertz CT molecular complexity index is 374. The third-order valence-electron chi connectivity index (χ3n) is 3.90. The normalized spacial score (nSPS) is 24.3. The Balaban J connectivity index is 2.20. The minimum atomic E-state index is -0.124. The summed E-state index contributed by atoms with van der Waals surface area (Å²) in [6, 6.07) is 8.55. The molecular formula is C14H22N2O. The number of benzene rings is 1. The molecule has 1 aromatic rings. The summed E-state index contributed by atoms with van der Waals surface area (Å²) in [5.74, 6) is 0. The van der Waals surface area contributed by atoms with Gasteiger partial charge in [-0.05, 0) is 31.5 Å². The van der Waals surface area contributed by atoms with Crippen LogP contribution in [0, 0.1) is 0 Å². The number of hydrogen-bond acceptors (Lipinski definition) is 3. The lowest BCUT2D eigenvalue weighted by Gasteiger charge is -2.28. The van der Waals surface area contributed by atoms with Crippen molar-refractivity contribution in [2.75, 3.05) is 31.6 Å². The molecular weight excluding hydrogens is 212 g/mol. The summed E-state index contributed by atoms with van der Waals surface area (Å²) in [6.45, 7) is 4.29. The van der Waals surface area contributed by atoms with Crippen LogP contribution in [0.1, 0.15) is 18.9 Å². The largest absolute Gasteiger partial charge is 0.394 e. The smallest absolute Gasteiger partial charge is 0.0631 e. The zero-order chi connectivity index (χ0) is 12.3. The summed E-state index contributed by atoms with van der Waals surface area (Å²) >= 11 is 0. The second-order valence-corrected chi connectivity index (χ2v) is 4.84. The van der Waals surface area contributed by atoms with Crippen LogP contribution in [0.2, 0.25) is 0 Å². The SMILES string of the molecule is CCc1ccccc1N1CCC(CO)(NC)C1. The van der Waals surface area contributed by atoms with E-state index >= 15 is 0 Å². The Kier molecular flexibility index (Phi) is 3.69. The van der Waals surface area contributed by atoms with E-state index in [-0.39, 0.29) is 12.1 Å². The van der Waals surface area contributed by atoms with Gasteiger partial charge in [0.25, 0.3) is 0 Å². The third kappa shape index (κ3) is 2.31. The van der Waals surface area contributed by atoms with E-state index in [2.05, 4.69) is 41.4 Å². The van der Waals surface area contributed by atoms with Gasteiger partial charge in [-0.2, -0.15) is 0 Å². The van der Waals surface area contributed by atoms with Crippen molar-refractivity contribution in [3.05, 3.63) is 29.8 Å². The van der Waals surface area contributed by atoms with Crippen LogP contribution >= 0.6 is 0 Å². The van der Waals surface area contributed by atoms with Crippen molar-refractivity contribution in [3.8, 4) is 0 Å². The quantitative estimate of drug-likeness (QED) is 0.827. The highest BCUT2D eigenvalue weighted by Crippen LogP contribution is 2.29. The van der Waals surface area contributed by atoms with Gasteiger partial charge in [0.1, 0.15) is 0 Å². The molecule has 1 aliphatic rings. The molecule has 3 heteroatoms. The summed E-state index contributed by atoms with van der Waals surface area (Å²) in [5, 5.41) is 12.8. The molecule has 0 saturated carbocycles. The predicted molar refractivity (Wildman–Crippen MR) is 71.5 cm³/mol. The van der Waals surface area contributed by atoms with E-state index in [1.54, 1.807) is 0 Å². The van der Waals surface area contributed by atoms with Crippen LogP contribution < -0.4 is 10.2 Å². The first-order valence-electron chi connectivity index (χ1n) is 6.37. The van der Waals surface area contributed by atoms with Crippen LogP contribution in [0.5, 0.6) is 0 Å². The molecule has 0 amide bonds. The summed E-state index contributed by atoms with van der Waals surface area (Å²) in [6.07, 6.45) is 2.05. The van der Waals surface area contributed by atoms with E-state index < -0.39 is 0 Å². The van der Waals surface area contributed by atoms with Crippen molar-refractivity contribution in [1.29, 1.82) is 0 Å². The lowest BCUT2D eigenvalue weighted by Crippen LogP contribution is -2.48. The molecule has 0 bridgehead atoms. The van der Waals surface area contributed by atoms with Gasteiger partial charge < -0.3 is 15.3 Å². The zero-order valence-corrected chi connectivity index (χ0v) is 10.7. The summed E-state index contributed by atoms with van der Waals surface area (Å²) in [5.41, 5.74) is 2.58. The van der Waals surface area contributed by atoms with Crippen LogP contribution in [0.4, 0.5) is 5.69 Å². The van der Waals surface area contributed by atoms with Crippen molar-refractivity contribution in [3.63, 3.8) is 0 Å². The van der Waals surface area contributed by atoms with E-state index in [0.717, 1.165) is 25.9 Å². The maximum Gasteiger partial charge on any atom is 0.0631 e. The van der Waals surface area contributed by atoms with E-state index in [1.165, 1.54) is 11.3 Å². The van der Waals surface area contributed by atoms with Gasteiger partial charge in [-0.15, -0.1) is 0 Å². The minimum Gasteiger partial charge on any atom is -0.394 e. The molecule has 1 aliphatic heterocycles. The molecule has 1 heterocycles. The molecule has 0 aromatic heterocycles. The monoisotopic (exact) mass is 234 g/mol. The Labute approximate surface area is 103 Å². The lowest BCUT2D eigenvalue weighted by molar-refractivity contribution is 0.184. The number of nitrogens with one attached hydrogen (secondary N) is 1. The molecule has 2 rings (SSSR count). The molecule has 0 aliphatic carbocycles. The van der Waals surface area contributed by atoms with Gasteiger partial charge in [0.05, 0.1) is 12.1 Å². The number of likely N-dealkylation sites (N-methyl/N-ethyl adjacent to an activating group) is 1. The fourth-order valence-electron chi connectivity index (χ4n) is 2.61. The molecule has 0 radical (unpaired) electrons.